The molecule has 1 fully saturated rings. The summed E-state index contributed by atoms with van der Waals surface area (Å²) in [5.74, 6) is -0.684. The fraction of sp³-hybridized carbons (Fsp3) is 0.278. The summed E-state index contributed by atoms with van der Waals surface area (Å²) in [4.78, 5) is 29.2. The monoisotopic (exact) mass is 608 g/mol. The molecule has 2 aliphatic rings. The van der Waals surface area contributed by atoms with Crippen LogP contribution in [0.4, 0.5) is 5.69 Å². The molecule has 0 radical (unpaired) electrons. The molecule has 9 nitrogen and oxygen atoms in total. The number of hydrogen-bond acceptors (Lipinski definition) is 8. The van der Waals surface area contributed by atoms with E-state index in [4.69, 9.17) is 9.47 Å². The highest BCUT2D eigenvalue weighted by Gasteiger charge is 2.40. The Balaban J connectivity index is 1.23. The second-order valence-electron chi connectivity index (χ2n) is 11.7. The highest BCUT2D eigenvalue weighted by Crippen LogP contribution is 2.42. The fourth-order valence-electron chi connectivity index (χ4n) is 6.05. The van der Waals surface area contributed by atoms with Crippen LogP contribution in [0, 0.1) is 5.92 Å². The summed E-state index contributed by atoms with van der Waals surface area (Å²) >= 11 is 0. The Morgan fingerprint density at radius 1 is 0.844 bits per heavy atom. The fourth-order valence-corrected chi connectivity index (χ4v) is 6.05. The highest BCUT2D eigenvalue weighted by molar-refractivity contribution is 6.34. The van der Waals surface area contributed by atoms with E-state index >= 15 is 0 Å². The number of benzene rings is 4. The van der Waals surface area contributed by atoms with Crippen molar-refractivity contribution in [3.05, 3.63) is 130 Å². The lowest BCUT2D eigenvalue weighted by atomic mass is 9.90. The first-order chi connectivity index (χ1) is 21.7. The number of hydrogen-bond donors (Lipinski definition) is 3. The van der Waals surface area contributed by atoms with Crippen LogP contribution in [0.25, 0.3) is 0 Å². The molecule has 9 heteroatoms. The number of carbonyl (C=O) groups excluding carboxylic acids is 2. The van der Waals surface area contributed by atoms with Crippen LogP contribution in [0.1, 0.15) is 68.4 Å². The molecule has 0 spiro atoms. The maximum Gasteiger partial charge on any atom is 0.266 e. The van der Waals surface area contributed by atoms with Crippen molar-refractivity contribution in [2.24, 2.45) is 5.92 Å². The van der Waals surface area contributed by atoms with Crippen molar-refractivity contribution < 1.29 is 34.4 Å². The molecule has 5 atom stereocenters. The molecule has 1 saturated heterocycles. The molecule has 2 aliphatic heterocycles. The van der Waals surface area contributed by atoms with Gasteiger partial charge in [-0.25, -0.2) is 4.90 Å². The third-order valence-corrected chi connectivity index (χ3v) is 8.57. The molecule has 45 heavy (non-hydrogen) atoms. The third kappa shape index (κ3) is 6.26. The van der Waals surface area contributed by atoms with Crippen molar-refractivity contribution in [1.29, 1.82) is 0 Å². The van der Waals surface area contributed by atoms with E-state index in [2.05, 4.69) is 6.92 Å². The second kappa shape index (κ2) is 12.9. The van der Waals surface area contributed by atoms with Crippen LogP contribution in [0.5, 0.6) is 5.75 Å². The average Bonchev–Trinajstić information content (AvgIpc) is 3.31. The van der Waals surface area contributed by atoms with E-state index in [1.54, 1.807) is 72.8 Å². The number of aromatic hydroxyl groups is 1. The summed E-state index contributed by atoms with van der Waals surface area (Å²) in [6.07, 6.45) is -2.16. The van der Waals surface area contributed by atoms with Gasteiger partial charge in [0.25, 0.3) is 11.8 Å². The van der Waals surface area contributed by atoms with Gasteiger partial charge in [0.1, 0.15) is 5.75 Å². The summed E-state index contributed by atoms with van der Waals surface area (Å²) in [5.41, 5.74) is 4.33. The number of rotatable bonds is 9. The van der Waals surface area contributed by atoms with Crippen molar-refractivity contribution in [1.82, 2.24) is 4.90 Å². The lowest BCUT2D eigenvalue weighted by Gasteiger charge is -2.42. The maximum absolute atomic E-state index is 13.0. The molecule has 4 aromatic carbocycles. The minimum absolute atomic E-state index is 0.0541. The topological polar surface area (TPSA) is 120 Å². The number of fused-ring (bicyclic) bond motifs is 1. The standard InChI is InChI=1S/C36H36N2O7/c1-22-32(20-37(2)19-31(41)26-6-5-7-28(40)18-26)44-36(45-33(22)24-12-10-23(21-39)11-13-24)25-14-16-27(17-15-25)38-34(42)29-8-3-4-9-30(29)35(38)43/h3-18,22,31-33,36,39-41H,19-21H2,1-2H3. The van der Waals surface area contributed by atoms with E-state index in [0.717, 1.165) is 16.7 Å². The molecule has 232 valence electrons. The predicted molar refractivity (Wildman–Crippen MR) is 168 cm³/mol. The zero-order valence-corrected chi connectivity index (χ0v) is 25.1. The van der Waals surface area contributed by atoms with E-state index in [1.165, 1.54) is 4.90 Å². The van der Waals surface area contributed by atoms with Crippen molar-refractivity contribution in [3.63, 3.8) is 0 Å². The number of aliphatic hydroxyl groups excluding tert-OH is 2. The van der Waals surface area contributed by atoms with E-state index in [1.807, 2.05) is 36.2 Å². The normalized spacial score (nSPS) is 22.1. The summed E-state index contributed by atoms with van der Waals surface area (Å²) in [6.45, 7) is 2.83. The molecule has 3 N–H and O–H groups in total. The summed E-state index contributed by atoms with van der Waals surface area (Å²) in [7, 11) is 1.91. The van der Waals surface area contributed by atoms with Crippen molar-refractivity contribution in [2.75, 3.05) is 25.0 Å². The Morgan fingerprint density at radius 2 is 1.49 bits per heavy atom. The van der Waals surface area contributed by atoms with Gasteiger partial charge in [-0.2, -0.15) is 0 Å². The summed E-state index contributed by atoms with van der Waals surface area (Å²) < 4.78 is 13.1. The van der Waals surface area contributed by atoms with Gasteiger partial charge in [0.2, 0.25) is 0 Å². The SMILES string of the molecule is CC1C(CN(C)CC(O)c2cccc(O)c2)OC(c2ccc(N3C(=O)c4ccccc4C3=O)cc2)OC1c1ccc(CO)cc1. The zero-order valence-electron chi connectivity index (χ0n) is 25.1. The van der Waals surface area contributed by atoms with E-state index in [-0.39, 0.29) is 42.3 Å². The number of aliphatic hydroxyl groups is 2. The highest BCUT2D eigenvalue weighted by atomic mass is 16.7. The number of amides is 2. The molecule has 5 unspecified atom stereocenters. The largest absolute Gasteiger partial charge is 0.508 e. The van der Waals surface area contributed by atoms with Crippen LogP contribution >= 0.6 is 0 Å². The van der Waals surface area contributed by atoms with Gasteiger partial charge >= 0.3 is 0 Å². The van der Waals surface area contributed by atoms with Gasteiger partial charge in [-0.1, -0.05) is 67.6 Å². The third-order valence-electron chi connectivity index (χ3n) is 8.57. The van der Waals surface area contributed by atoms with Gasteiger partial charge in [0, 0.05) is 24.6 Å². The first-order valence-electron chi connectivity index (χ1n) is 15.0. The quantitative estimate of drug-likeness (QED) is 0.224. The number of anilines is 1. The molecule has 0 aromatic heterocycles. The predicted octanol–water partition coefficient (Wildman–Crippen LogP) is 5.14. The number of nitrogens with zero attached hydrogens (tertiary/aromatic N) is 2. The molecule has 0 aliphatic carbocycles. The molecule has 2 heterocycles. The maximum atomic E-state index is 13.0. The summed E-state index contributed by atoms with van der Waals surface area (Å²) in [6, 6.07) is 28.1. The smallest absolute Gasteiger partial charge is 0.266 e. The van der Waals surface area contributed by atoms with Crippen LogP contribution in [0.2, 0.25) is 0 Å². The summed E-state index contributed by atoms with van der Waals surface area (Å²) in [5, 5.41) is 30.2. The van der Waals surface area contributed by atoms with Crippen molar-refractivity contribution in [3.8, 4) is 5.75 Å². The average molecular weight is 609 g/mol. The van der Waals surface area contributed by atoms with Gasteiger partial charge in [0.05, 0.1) is 41.7 Å². The molecule has 0 saturated carbocycles. The Hall–Kier alpha value is -4.38. The molecule has 2 amide bonds. The Morgan fingerprint density at radius 3 is 2.11 bits per heavy atom. The lowest BCUT2D eigenvalue weighted by molar-refractivity contribution is -0.276. The van der Waals surface area contributed by atoms with E-state index < -0.39 is 12.4 Å². The number of carbonyl (C=O) groups is 2. The molecule has 6 rings (SSSR count). The zero-order chi connectivity index (χ0) is 31.7. The van der Waals surface area contributed by atoms with E-state index in [0.29, 0.717) is 35.5 Å². The van der Waals surface area contributed by atoms with Gasteiger partial charge in [-0.3, -0.25) is 9.59 Å². The number of phenolic OH excluding ortho intramolecular Hbond substituents is 1. The Bertz CT molecular complexity index is 1640. The number of phenols is 1. The molecule has 4 aromatic rings. The van der Waals surface area contributed by atoms with Gasteiger partial charge in [0.15, 0.2) is 6.29 Å². The number of imide groups is 1. The van der Waals surface area contributed by atoms with Crippen LogP contribution < -0.4 is 4.90 Å². The van der Waals surface area contributed by atoms with Gasteiger partial charge in [-0.05, 0) is 60.1 Å². The molecule has 0 bridgehead atoms. The van der Waals surface area contributed by atoms with E-state index in [9.17, 15) is 24.9 Å². The van der Waals surface area contributed by atoms with Gasteiger partial charge < -0.3 is 29.7 Å². The second-order valence-corrected chi connectivity index (χ2v) is 11.7. The minimum atomic E-state index is -0.801. The van der Waals surface area contributed by atoms with Crippen LogP contribution in [-0.4, -0.2) is 58.3 Å². The number of ether oxygens (including phenoxy) is 2. The van der Waals surface area contributed by atoms with Crippen LogP contribution in [0.15, 0.2) is 97.1 Å². The lowest BCUT2D eigenvalue weighted by Crippen LogP contribution is -2.44. The van der Waals surface area contributed by atoms with Crippen LogP contribution in [0.3, 0.4) is 0 Å². The van der Waals surface area contributed by atoms with Crippen molar-refractivity contribution >= 4 is 17.5 Å². The van der Waals surface area contributed by atoms with Crippen molar-refractivity contribution in [2.45, 2.75) is 38.1 Å². The minimum Gasteiger partial charge on any atom is -0.508 e. The Kier molecular flexibility index (Phi) is 8.80. The first-order valence-corrected chi connectivity index (χ1v) is 15.0. The molecular weight excluding hydrogens is 572 g/mol. The van der Waals surface area contributed by atoms with Gasteiger partial charge in [-0.15, -0.1) is 0 Å². The van der Waals surface area contributed by atoms with Crippen LogP contribution in [-0.2, 0) is 16.1 Å². The molecular formula is C36H36N2O7. The number of likely N-dealkylation sites (N-methyl/N-ethyl adjacent to an activating group) is 1. The Labute approximate surface area is 261 Å². The first kappa shape index (κ1) is 30.6.